The molecular weight excluding hydrogens is 334 g/mol. The normalized spacial score (nSPS) is 10.3. The summed E-state index contributed by atoms with van der Waals surface area (Å²) in [6, 6.07) is 18.4. The summed E-state index contributed by atoms with van der Waals surface area (Å²) in [5.41, 5.74) is 7.50. The lowest BCUT2D eigenvalue weighted by Crippen LogP contribution is -2.34. The van der Waals surface area contributed by atoms with Crippen LogP contribution < -0.4 is 21.1 Å². The highest BCUT2D eigenvalue weighted by Gasteiger charge is 2.12. The summed E-state index contributed by atoms with van der Waals surface area (Å²) in [5, 5.41) is 7.70. The molecule has 0 unspecified atom stereocenters. The third kappa shape index (κ3) is 3.70. The van der Waals surface area contributed by atoms with Crippen molar-refractivity contribution >= 4 is 45.4 Å². The Morgan fingerprint density at radius 2 is 1.84 bits per heavy atom. The fourth-order valence-electron chi connectivity index (χ4n) is 2.56. The second-order valence-electron chi connectivity index (χ2n) is 5.39. The van der Waals surface area contributed by atoms with Crippen LogP contribution in [-0.4, -0.2) is 18.1 Å². The summed E-state index contributed by atoms with van der Waals surface area (Å²) in [4.78, 5) is 12.6. The standard InChI is InChI=1S/C19H17N3O2S/c1-24-17-11-13(20)9-10-16(17)21-19(25)22-18(23)15-8-4-6-12-5-2-3-7-14(12)15/h2-11H,20H2,1H3,(H2,21,22,23,25). The minimum Gasteiger partial charge on any atom is -0.494 e. The average molecular weight is 351 g/mol. The quantitative estimate of drug-likeness (QED) is 0.497. The van der Waals surface area contributed by atoms with E-state index in [1.54, 1.807) is 24.3 Å². The van der Waals surface area contributed by atoms with E-state index in [9.17, 15) is 4.79 Å². The molecule has 0 bridgehead atoms. The van der Waals surface area contributed by atoms with Gasteiger partial charge in [-0.05, 0) is 41.2 Å². The predicted octanol–water partition coefficient (Wildman–Crippen LogP) is 3.56. The van der Waals surface area contributed by atoms with Gasteiger partial charge in [-0.25, -0.2) is 0 Å². The van der Waals surface area contributed by atoms with Gasteiger partial charge in [0.1, 0.15) is 5.75 Å². The van der Waals surface area contributed by atoms with Gasteiger partial charge in [-0.3, -0.25) is 10.1 Å². The lowest BCUT2D eigenvalue weighted by molar-refractivity contribution is 0.0979. The molecule has 126 valence electrons. The number of anilines is 2. The molecule has 0 aliphatic heterocycles. The van der Waals surface area contributed by atoms with Crippen LogP contribution >= 0.6 is 12.2 Å². The fourth-order valence-corrected chi connectivity index (χ4v) is 2.76. The second kappa shape index (κ2) is 7.19. The maximum Gasteiger partial charge on any atom is 0.258 e. The van der Waals surface area contributed by atoms with E-state index in [2.05, 4.69) is 10.6 Å². The van der Waals surface area contributed by atoms with E-state index in [0.29, 0.717) is 22.7 Å². The van der Waals surface area contributed by atoms with Crippen LogP contribution in [0.4, 0.5) is 11.4 Å². The van der Waals surface area contributed by atoms with Gasteiger partial charge in [0.15, 0.2) is 5.11 Å². The van der Waals surface area contributed by atoms with Crippen molar-refractivity contribution in [1.29, 1.82) is 0 Å². The van der Waals surface area contributed by atoms with Gasteiger partial charge < -0.3 is 15.8 Å². The van der Waals surface area contributed by atoms with Crippen LogP contribution in [-0.2, 0) is 0 Å². The molecule has 0 aliphatic rings. The van der Waals surface area contributed by atoms with E-state index in [4.69, 9.17) is 22.7 Å². The van der Waals surface area contributed by atoms with Crippen LogP contribution in [0.15, 0.2) is 60.7 Å². The number of ether oxygens (including phenoxy) is 1. The molecule has 0 saturated carbocycles. The minimum atomic E-state index is -0.274. The van der Waals surface area contributed by atoms with Gasteiger partial charge >= 0.3 is 0 Å². The van der Waals surface area contributed by atoms with Crippen molar-refractivity contribution in [2.24, 2.45) is 0 Å². The molecule has 0 aliphatic carbocycles. The predicted molar refractivity (Wildman–Crippen MR) is 105 cm³/mol. The smallest absolute Gasteiger partial charge is 0.258 e. The number of methoxy groups -OCH3 is 1. The van der Waals surface area contributed by atoms with Crippen molar-refractivity contribution in [3.8, 4) is 5.75 Å². The molecule has 6 heteroatoms. The van der Waals surface area contributed by atoms with Crippen molar-refractivity contribution in [3.63, 3.8) is 0 Å². The number of nitrogens with one attached hydrogen (secondary N) is 2. The number of nitrogens with two attached hydrogens (primary N) is 1. The summed E-state index contributed by atoms with van der Waals surface area (Å²) >= 11 is 5.25. The zero-order valence-electron chi connectivity index (χ0n) is 13.6. The Balaban J connectivity index is 1.78. The number of fused-ring (bicyclic) bond motifs is 1. The molecule has 0 spiro atoms. The Morgan fingerprint density at radius 3 is 2.64 bits per heavy atom. The summed E-state index contributed by atoms with van der Waals surface area (Å²) < 4.78 is 5.26. The van der Waals surface area contributed by atoms with Crippen LogP contribution in [0.3, 0.4) is 0 Å². The number of nitrogen functional groups attached to an aromatic ring is 1. The highest BCUT2D eigenvalue weighted by molar-refractivity contribution is 7.80. The Kier molecular flexibility index (Phi) is 4.81. The maximum atomic E-state index is 12.6. The lowest BCUT2D eigenvalue weighted by Gasteiger charge is -2.14. The topological polar surface area (TPSA) is 76.4 Å². The first-order valence-electron chi connectivity index (χ1n) is 7.62. The SMILES string of the molecule is COc1cc(N)ccc1NC(=S)NC(=O)c1cccc2ccccc12. The zero-order chi connectivity index (χ0) is 17.8. The van der Waals surface area contributed by atoms with E-state index in [1.165, 1.54) is 7.11 Å². The number of rotatable bonds is 3. The number of carbonyl (C=O) groups excluding carboxylic acids is 1. The number of amides is 1. The molecule has 3 aromatic rings. The van der Waals surface area contributed by atoms with Crippen molar-refractivity contribution < 1.29 is 9.53 Å². The first-order valence-corrected chi connectivity index (χ1v) is 8.03. The van der Waals surface area contributed by atoms with E-state index < -0.39 is 0 Å². The molecule has 3 rings (SSSR count). The highest BCUT2D eigenvalue weighted by atomic mass is 32.1. The highest BCUT2D eigenvalue weighted by Crippen LogP contribution is 2.26. The lowest BCUT2D eigenvalue weighted by atomic mass is 10.0. The van der Waals surface area contributed by atoms with E-state index in [-0.39, 0.29) is 11.0 Å². The van der Waals surface area contributed by atoms with Crippen LogP contribution in [0.25, 0.3) is 10.8 Å². The first kappa shape index (κ1) is 16.7. The van der Waals surface area contributed by atoms with E-state index in [1.807, 2.05) is 36.4 Å². The molecule has 0 saturated heterocycles. The number of benzene rings is 3. The van der Waals surface area contributed by atoms with Gasteiger partial charge in [-0.2, -0.15) is 0 Å². The molecule has 4 N–H and O–H groups in total. The van der Waals surface area contributed by atoms with Crippen LogP contribution in [0.2, 0.25) is 0 Å². The Morgan fingerprint density at radius 1 is 1.08 bits per heavy atom. The number of hydrogen-bond acceptors (Lipinski definition) is 4. The van der Waals surface area contributed by atoms with Crippen molar-refractivity contribution in [2.75, 3.05) is 18.2 Å². The van der Waals surface area contributed by atoms with Crippen LogP contribution in [0.1, 0.15) is 10.4 Å². The van der Waals surface area contributed by atoms with Gasteiger partial charge in [-0.1, -0.05) is 36.4 Å². The van der Waals surface area contributed by atoms with Gasteiger partial charge in [0.25, 0.3) is 5.91 Å². The maximum absolute atomic E-state index is 12.6. The van der Waals surface area contributed by atoms with Gasteiger partial charge in [0.2, 0.25) is 0 Å². The summed E-state index contributed by atoms with van der Waals surface area (Å²) in [5.74, 6) is 0.269. The van der Waals surface area contributed by atoms with E-state index >= 15 is 0 Å². The number of carbonyl (C=O) groups is 1. The summed E-state index contributed by atoms with van der Waals surface area (Å²) in [6.07, 6.45) is 0. The fraction of sp³-hybridized carbons (Fsp3) is 0.0526. The molecule has 25 heavy (non-hydrogen) atoms. The number of thiocarbonyl (C=S) groups is 1. The summed E-state index contributed by atoms with van der Waals surface area (Å²) in [7, 11) is 1.54. The van der Waals surface area contributed by atoms with Crippen molar-refractivity contribution in [1.82, 2.24) is 5.32 Å². The van der Waals surface area contributed by atoms with Gasteiger partial charge in [-0.15, -0.1) is 0 Å². The molecule has 3 aromatic carbocycles. The molecule has 5 nitrogen and oxygen atoms in total. The third-order valence-corrected chi connectivity index (χ3v) is 3.94. The van der Waals surface area contributed by atoms with E-state index in [0.717, 1.165) is 10.8 Å². The molecular formula is C19H17N3O2S. The number of hydrogen-bond donors (Lipinski definition) is 3. The molecule has 1 amide bonds. The van der Waals surface area contributed by atoms with Gasteiger partial charge in [0, 0.05) is 17.3 Å². The monoisotopic (exact) mass is 351 g/mol. The average Bonchev–Trinajstić information content (AvgIpc) is 2.62. The van der Waals surface area contributed by atoms with Crippen LogP contribution in [0.5, 0.6) is 5.75 Å². The minimum absolute atomic E-state index is 0.181. The Labute approximate surface area is 150 Å². The van der Waals surface area contributed by atoms with Gasteiger partial charge in [0.05, 0.1) is 12.8 Å². The molecule has 0 radical (unpaired) electrons. The zero-order valence-corrected chi connectivity index (χ0v) is 14.4. The Hall–Kier alpha value is -3.12. The summed E-state index contributed by atoms with van der Waals surface area (Å²) in [6.45, 7) is 0. The third-order valence-electron chi connectivity index (χ3n) is 3.74. The molecule has 0 aromatic heterocycles. The molecule has 0 atom stereocenters. The Bertz CT molecular complexity index is 951. The van der Waals surface area contributed by atoms with Crippen LogP contribution in [0, 0.1) is 0 Å². The second-order valence-corrected chi connectivity index (χ2v) is 5.80. The first-order chi connectivity index (χ1) is 12.1. The molecule has 0 heterocycles. The van der Waals surface area contributed by atoms with Crippen molar-refractivity contribution in [3.05, 3.63) is 66.2 Å². The van der Waals surface area contributed by atoms with Crippen molar-refractivity contribution in [2.45, 2.75) is 0 Å². The largest absolute Gasteiger partial charge is 0.494 e. The molecule has 0 fully saturated rings.